The van der Waals surface area contributed by atoms with E-state index in [1.807, 2.05) is 6.07 Å². The average Bonchev–Trinajstić information content (AvgIpc) is 3.14. The number of benzene rings is 1. The topological polar surface area (TPSA) is 84.0 Å². The summed E-state index contributed by atoms with van der Waals surface area (Å²) < 4.78 is 27.7. The fourth-order valence-corrected chi connectivity index (χ4v) is 3.32. The Labute approximate surface area is 170 Å². The van der Waals surface area contributed by atoms with Crippen molar-refractivity contribution in [3.05, 3.63) is 65.2 Å². The maximum Gasteiger partial charge on any atom is 0.257 e. The summed E-state index contributed by atoms with van der Waals surface area (Å²) >= 11 is 1.21. The second kappa shape index (κ2) is 8.87. The molecule has 1 aromatic carbocycles. The van der Waals surface area contributed by atoms with Crippen LogP contribution >= 0.6 is 11.3 Å². The van der Waals surface area contributed by atoms with Crippen LogP contribution in [0.25, 0.3) is 11.4 Å². The standard InChI is InChI=1S/C20H18F2N4O2S/c1-11(2)17(25-18(27)16-12(21)6-5-7-13(16)22)19(28)26-20-24-15(10-29-20)14-8-3-4-9-23-14/h3-11,17H,1-2H3,(H,25,27)(H,24,26,28). The van der Waals surface area contributed by atoms with Crippen LogP contribution in [0.3, 0.4) is 0 Å². The van der Waals surface area contributed by atoms with E-state index in [2.05, 4.69) is 20.6 Å². The van der Waals surface area contributed by atoms with Crippen LogP contribution in [0, 0.1) is 17.6 Å². The van der Waals surface area contributed by atoms with Gasteiger partial charge in [0, 0.05) is 11.6 Å². The molecule has 0 saturated heterocycles. The van der Waals surface area contributed by atoms with Crippen LogP contribution in [0.1, 0.15) is 24.2 Å². The lowest BCUT2D eigenvalue weighted by atomic mass is 10.0. The van der Waals surface area contributed by atoms with Crippen molar-refractivity contribution >= 4 is 28.3 Å². The molecule has 1 unspecified atom stereocenters. The molecule has 29 heavy (non-hydrogen) atoms. The van der Waals surface area contributed by atoms with E-state index in [1.54, 1.807) is 37.6 Å². The van der Waals surface area contributed by atoms with E-state index < -0.39 is 35.1 Å². The Hall–Kier alpha value is -3.20. The highest BCUT2D eigenvalue weighted by Crippen LogP contribution is 2.23. The maximum atomic E-state index is 13.8. The van der Waals surface area contributed by atoms with Crippen molar-refractivity contribution in [2.45, 2.75) is 19.9 Å². The number of pyridine rings is 1. The number of anilines is 1. The number of carbonyl (C=O) groups is 2. The normalized spacial score (nSPS) is 11.9. The highest BCUT2D eigenvalue weighted by Gasteiger charge is 2.28. The first kappa shape index (κ1) is 20.5. The molecule has 3 rings (SSSR count). The van der Waals surface area contributed by atoms with Crippen molar-refractivity contribution in [1.29, 1.82) is 0 Å². The smallest absolute Gasteiger partial charge is 0.257 e. The van der Waals surface area contributed by atoms with Crippen LogP contribution < -0.4 is 10.6 Å². The van der Waals surface area contributed by atoms with Crippen molar-refractivity contribution in [1.82, 2.24) is 15.3 Å². The fourth-order valence-electron chi connectivity index (χ4n) is 2.61. The molecule has 6 nitrogen and oxygen atoms in total. The number of amides is 2. The molecule has 2 aromatic heterocycles. The monoisotopic (exact) mass is 416 g/mol. The van der Waals surface area contributed by atoms with E-state index in [0.717, 1.165) is 18.2 Å². The van der Waals surface area contributed by atoms with Crippen molar-refractivity contribution in [2.75, 3.05) is 5.32 Å². The van der Waals surface area contributed by atoms with E-state index >= 15 is 0 Å². The molecule has 0 spiro atoms. The number of halogens is 2. The Balaban J connectivity index is 1.73. The Morgan fingerprint density at radius 2 is 1.76 bits per heavy atom. The second-order valence-corrected chi connectivity index (χ2v) is 7.39. The molecule has 0 saturated carbocycles. The van der Waals surface area contributed by atoms with Crippen LogP contribution in [0.4, 0.5) is 13.9 Å². The van der Waals surface area contributed by atoms with Gasteiger partial charge in [-0.1, -0.05) is 26.0 Å². The zero-order valence-corrected chi connectivity index (χ0v) is 16.5. The molecule has 0 radical (unpaired) electrons. The van der Waals surface area contributed by atoms with Gasteiger partial charge < -0.3 is 10.6 Å². The van der Waals surface area contributed by atoms with E-state index in [4.69, 9.17) is 0 Å². The van der Waals surface area contributed by atoms with E-state index in [-0.39, 0.29) is 5.92 Å². The van der Waals surface area contributed by atoms with Crippen molar-refractivity contribution in [3.8, 4) is 11.4 Å². The summed E-state index contributed by atoms with van der Waals surface area (Å²) in [6.45, 7) is 3.42. The Bertz CT molecular complexity index is 1000. The van der Waals surface area contributed by atoms with Gasteiger partial charge in [0.15, 0.2) is 5.13 Å². The minimum Gasteiger partial charge on any atom is -0.340 e. The third-order valence-corrected chi connectivity index (χ3v) is 4.84. The summed E-state index contributed by atoms with van der Waals surface area (Å²) in [4.78, 5) is 33.5. The first-order valence-electron chi connectivity index (χ1n) is 8.79. The Kier molecular flexibility index (Phi) is 6.28. The number of rotatable bonds is 6. The predicted octanol–water partition coefficient (Wildman–Crippen LogP) is 3.88. The summed E-state index contributed by atoms with van der Waals surface area (Å²) in [5, 5.41) is 7.12. The van der Waals surface area contributed by atoms with Gasteiger partial charge in [-0.2, -0.15) is 0 Å². The lowest BCUT2D eigenvalue weighted by molar-refractivity contribution is -0.118. The summed E-state index contributed by atoms with van der Waals surface area (Å²) in [5.74, 6) is -3.85. The van der Waals surface area contributed by atoms with Gasteiger partial charge in [0.05, 0.1) is 5.69 Å². The number of aromatic nitrogens is 2. The maximum absolute atomic E-state index is 13.8. The number of thiazole rings is 1. The second-order valence-electron chi connectivity index (χ2n) is 6.53. The molecular formula is C20H18F2N4O2S. The minimum absolute atomic E-state index is 0.327. The highest BCUT2D eigenvalue weighted by molar-refractivity contribution is 7.14. The molecule has 2 amide bonds. The average molecular weight is 416 g/mol. The SMILES string of the molecule is CC(C)C(NC(=O)c1c(F)cccc1F)C(=O)Nc1nc(-c2ccccn2)cs1. The fraction of sp³-hybridized carbons (Fsp3) is 0.200. The number of hydrogen-bond acceptors (Lipinski definition) is 5. The van der Waals surface area contributed by atoms with Crippen LogP contribution in [0.5, 0.6) is 0 Å². The van der Waals surface area contributed by atoms with Crippen molar-refractivity contribution < 1.29 is 18.4 Å². The van der Waals surface area contributed by atoms with Crippen LogP contribution in [-0.4, -0.2) is 27.8 Å². The van der Waals surface area contributed by atoms with E-state index in [9.17, 15) is 18.4 Å². The molecule has 150 valence electrons. The van der Waals surface area contributed by atoms with Crippen LogP contribution in [0.2, 0.25) is 0 Å². The van der Waals surface area contributed by atoms with Gasteiger partial charge in [-0.15, -0.1) is 11.3 Å². The molecule has 0 aliphatic carbocycles. The number of hydrogen-bond donors (Lipinski definition) is 2. The summed E-state index contributed by atoms with van der Waals surface area (Å²) in [6, 6.07) is 7.52. The Morgan fingerprint density at radius 1 is 1.03 bits per heavy atom. The van der Waals surface area contributed by atoms with Gasteiger partial charge in [0.2, 0.25) is 5.91 Å². The molecule has 0 aliphatic rings. The lowest BCUT2D eigenvalue weighted by Gasteiger charge is -2.21. The van der Waals surface area contributed by atoms with Gasteiger partial charge in [0.1, 0.15) is 28.9 Å². The molecular weight excluding hydrogens is 398 g/mol. The first-order chi connectivity index (χ1) is 13.9. The van der Waals surface area contributed by atoms with Gasteiger partial charge in [-0.25, -0.2) is 13.8 Å². The zero-order valence-electron chi connectivity index (χ0n) is 15.6. The van der Waals surface area contributed by atoms with Crippen LogP contribution in [0.15, 0.2) is 48.0 Å². The molecule has 1 atom stereocenters. The minimum atomic E-state index is -1.01. The quantitative estimate of drug-likeness (QED) is 0.639. The predicted molar refractivity (Wildman–Crippen MR) is 106 cm³/mol. The van der Waals surface area contributed by atoms with Gasteiger partial charge >= 0.3 is 0 Å². The molecule has 9 heteroatoms. The third-order valence-electron chi connectivity index (χ3n) is 4.09. The molecule has 0 bridgehead atoms. The van der Waals surface area contributed by atoms with Gasteiger partial charge in [-0.3, -0.25) is 14.6 Å². The van der Waals surface area contributed by atoms with Gasteiger partial charge in [0.25, 0.3) is 5.91 Å². The Morgan fingerprint density at radius 3 is 2.38 bits per heavy atom. The first-order valence-corrected chi connectivity index (χ1v) is 9.67. The van der Waals surface area contributed by atoms with E-state index in [0.29, 0.717) is 16.5 Å². The largest absolute Gasteiger partial charge is 0.340 e. The van der Waals surface area contributed by atoms with Crippen LogP contribution in [-0.2, 0) is 4.79 Å². The zero-order chi connectivity index (χ0) is 21.0. The highest BCUT2D eigenvalue weighted by atomic mass is 32.1. The number of carbonyl (C=O) groups excluding carboxylic acids is 2. The molecule has 0 fully saturated rings. The summed E-state index contributed by atoms with van der Waals surface area (Å²) in [7, 11) is 0. The number of nitrogens with zero attached hydrogens (tertiary/aromatic N) is 2. The third kappa shape index (κ3) is 4.80. The molecule has 3 aromatic rings. The summed E-state index contributed by atoms with van der Waals surface area (Å²) in [6.07, 6.45) is 1.64. The van der Waals surface area contributed by atoms with Gasteiger partial charge in [-0.05, 0) is 30.2 Å². The molecule has 0 aliphatic heterocycles. The van der Waals surface area contributed by atoms with Crippen molar-refractivity contribution in [2.24, 2.45) is 5.92 Å². The number of nitrogens with one attached hydrogen (secondary N) is 2. The van der Waals surface area contributed by atoms with E-state index in [1.165, 1.54) is 11.3 Å². The van der Waals surface area contributed by atoms with Crippen molar-refractivity contribution in [3.63, 3.8) is 0 Å². The lowest BCUT2D eigenvalue weighted by Crippen LogP contribution is -2.47. The molecule has 2 N–H and O–H groups in total. The molecule has 2 heterocycles. The summed E-state index contributed by atoms with van der Waals surface area (Å²) in [5.41, 5.74) is 0.537.